The number of hydrogen-bond donors (Lipinski definition) is 0. The molecule has 0 bridgehead atoms. The Labute approximate surface area is 143 Å². The molecule has 0 N–H and O–H groups in total. The van der Waals surface area contributed by atoms with Gasteiger partial charge in [0, 0.05) is 0 Å². The van der Waals surface area contributed by atoms with Crippen LogP contribution in [-0.2, 0) is 13.6 Å². The van der Waals surface area contributed by atoms with Gasteiger partial charge in [-0.15, -0.1) is 0 Å². The van der Waals surface area contributed by atoms with Crippen molar-refractivity contribution < 1.29 is 8.42 Å². The molecule has 6 heteroatoms. The molecule has 2 heterocycles. The van der Waals surface area contributed by atoms with Crippen LogP contribution in [0.25, 0.3) is 0 Å². The van der Waals surface area contributed by atoms with Crippen LogP contribution >= 0.6 is 20.1 Å². The Balaban J connectivity index is 1.88. The predicted octanol–water partition coefficient (Wildman–Crippen LogP) is 4.43. The second-order valence-corrected chi connectivity index (χ2v) is 21.4. The minimum absolute atomic E-state index is 0.0678. The second-order valence-electron chi connectivity index (χ2n) is 7.45. The van der Waals surface area contributed by atoms with E-state index in [0.29, 0.717) is 5.75 Å². The molecule has 0 saturated carbocycles. The molecule has 124 valence electrons. The van der Waals surface area contributed by atoms with Gasteiger partial charge in [0.25, 0.3) is 0 Å². The first-order valence-corrected chi connectivity index (χ1v) is 16.9. The average Bonchev–Trinajstić information content (AvgIpc) is 3.17. The summed E-state index contributed by atoms with van der Waals surface area (Å²) in [7, 11) is -4.40. The Bertz CT molecular complexity index is 644. The van der Waals surface area contributed by atoms with E-state index >= 15 is 0 Å². The summed E-state index contributed by atoms with van der Waals surface area (Å²) in [6, 6.07) is 11.3. The van der Waals surface area contributed by atoms with Gasteiger partial charge in [0.2, 0.25) is 0 Å². The number of fused-ring (bicyclic) bond motifs is 1. The van der Waals surface area contributed by atoms with E-state index in [9.17, 15) is 8.42 Å². The van der Waals surface area contributed by atoms with Crippen molar-refractivity contribution in [2.45, 2.75) is 48.5 Å². The predicted molar refractivity (Wildman–Crippen MR) is 105 cm³/mol. The molecule has 2 aliphatic rings. The van der Waals surface area contributed by atoms with Gasteiger partial charge in [0.15, 0.2) is 0 Å². The van der Waals surface area contributed by atoms with E-state index in [-0.39, 0.29) is 3.55 Å². The van der Waals surface area contributed by atoms with Crippen molar-refractivity contribution in [3.8, 4) is 0 Å². The zero-order valence-corrected chi connectivity index (χ0v) is 17.7. The first-order chi connectivity index (χ1) is 10.3. The molecule has 0 aliphatic carbocycles. The van der Waals surface area contributed by atoms with E-state index in [0.717, 1.165) is 12.5 Å². The summed E-state index contributed by atoms with van der Waals surface area (Å²) in [5.74, 6) is 0.366. The molecule has 0 aromatic heterocycles. The van der Waals surface area contributed by atoms with Crippen LogP contribution in [-0.4, -0.2) is 29.2 Å². The van der Waals surface area contributed by atoms with Crippen LogP contribution in [0.4, 0.5) is 0 Å². The molecule has 0 radical (unpaired) electrons. The van der Waals surface area contributed by atoms with Gasteiger partial charge in [-0.2, -0.15) is 0 Å². The molecule has 2 aliphatic heterocycles. The van der Waals surface area contributed by atoms with Crippen molar-refractivity contribution in [2.75, 3.05) is 10.2 Å². The Morgan fingerprint density at radius 1 is 1.18 bits per heavy atom. The summed E-state index contributed by atoms with van der Waals surface area (Å²) in [5.41, 5.74) is 1.26. The van der Waals surface area contributed by atoms with Crippen LogP contribution in [0.3, 0.4) is 0 Å². The number of halogens is 1. The van der Waals surface area contributed by atoms with Crippen LogP contribution in [0.5, 0.6) is 0 Å². The molecule has 0 spiro atoms. The molecule has 2 unspecified atom stereocenters. The zero-order valence-electron chi connectivity index (χ0n) is 13.7. The topological polar surface area (TPSA) is 37.1 Å². The van der Waals surface area contributed by atoms with Crippen LogP contribution in [0.15, 0.2) is 30.3 Å². The molecule has 2 atom stereocenters. The summed E-state index contributed by atoms with van der Waals surface area (Å²) >= 11 is -1.55. The van der Waals surface area contributed by atoms with Crippen LogP contribution < -0.4 is 0 Å². The van der Waals surface area contributed by atoms with Crippen molar-refractivity contribution in [1.82, 2.24) is 2.52 Å². The second kappa shape index (κ2) is 5.86. The SMILES string of the molecule is C[Si](C)(C)CCS(=O)(=O)N1I2CCCCC12c1ccccc1. The number of hydrogen-bond acceptors (Lipinski definition) is 2. The van der Waals surface area contributed by atoms with Crippen LogP contribution in [0, 0.1) is 0 Å². The summed E-state index contributed by atoms with van der Waals surface area (Å²) < 4.78 is 29.1. The van der Waals surface area contributed by atoms with E-state index in [1.807, 2.05) is 8.58 Å². The molecule has 2 fully saturated rings. The number of nitrogens with zero attached hydrogens (tertiary/aromatic N) is 1. The van der Waals surface area contributed by atoms with Gasteiger partial charge < -0.3 is 0 Å². The van der Waals surface area contributed by atoms with Gasteiger partial charge in [0.05, 0.1) is 0 Å². The average molecular weight is 451 g/mol. The van der Waals surface area contributed by atoms with E-state index in [4.69, 9.17) is 0 Å². The maximum absolute atomic E-state index is 13.0. The Morgan fingerprint density at radius 3 is 2.50 bits per heavy atom. The number of benzene rings is 1. The van der Waals surface area contributed by atoms with E-state index in [1.165, 1.54) is 22.8 Å². The third kappa shape index (κ3) is 3.03. The quantitative estimate of drug-likeness (QED) is 0.166. The standard InChI is InChI=1S/C16H26INO2SSi/c1-22(2,3)14-13-21(19,20)18-16(11-7-8-12-17(16)18)15-9-5-4-6-10-15/h4-6,9-10H,7-8,11-14H2,1-3H3. The molecule has 3 rings (SSSR count). The zero-order chi connectivity index (χ0) is 16.0. The molecular weight excluding hydrogens is 425 g/mol. The van der Waals surface area contributed by atoms with E-state index in [2.05, 4.69) is 43.9 Å². The first-order valence-electron chi connectivity index (χ1n) is 8.02. The van der Waals surface area contributed by atoms with E-state index < -0.39 is 38.2 Å². The van der Waals surface area contributed by atoms with Crippen molar-refractivity contribution in [2.24, 2.45) is 0 Å². The molecule has 1 aromatic carbocycles. The van der Waals surface area contributed by atoms with E-state index in [1.54, 1.807) is 0 Å². The molecule has 2 saturated heterocycles. The fourth-order valence-corrected chi connectivity index (χ4v) is 20.3. The molecule has 3 nitrogen and oxygen atoms in total. The molecular formula is C16H26INO2SSi. The Hall–Kier alpha value is 0.0769. The molecule has 22 heavy (non-hydrogen) atoms. The molecule has 0 amide bonds. The third-order valence-electron chi connectivity index (χ3n) is 4.44. The summed E-state index contributed by atoms with van der Waals surface area (Å²) in [4.78, 5) is 0. The monoisotopic (exact) mass is 451 g/mol. The van der Waals surface area contributed by atoms with Crippen molar-refractivity contribution in [3.63, 3.8) is 0 Å². The minimum atomic E-state index is -3.07. The number of alkyl halides is 2. The van der Waals surface area contributed by atoms with Gasteiger partial charge in [0.1, 0.15) is 0 Å². The number of sulfonamides is 1. The third-order valence-corrected chi connectivity index (χ3v) is 18.2. The molecule has 1 aromatic rings. The Kier molecular flexibility index (Phi) is 4.51. The van der Waals surface area contributed by atoms with Gasteiger partial charge >= 0.3 is 144 Å². The van der Waals surface area contributed by atoms with Crippen molar-refractivity contribution in [3.05, 3.63) is 35.9 Å². The van der Waals surface area contributed by atoms with Gasteiger partial charge in [-0.1, -0.05) is 0 Å². The fraction of sp³-hybridized carbons (Fsp3) is 0.625. The van der Waals surface area contributed by atoms with Gasteiger partial charge in [-0.05, 0) is 0 Å². The first kappa shape index (κ1) is 16.9. The maximum atomic E-state index is 13.0. The summed E-state index contributed by atoms with van der Waals surface area (Å²) in [5, 5.41) is 0. The summed E-state index contributed by atoms with van der Waals surface area (Å²) in [6.07, 6.45) is 3.44. The number of rotatable bonds is 5. The van der Waals surface area contributed by atoms with Crippen LogP contribution in [0.1, 0.15) is 24.8 Å². The normalized spacial score (nSPS) is 30.0. The fourth-order valence-electron chi connectivity index (χ4n) is 3.17. The van der Waals surface area contributed by atoms with Crippen molar-refractivity contribution in [1.29, 1.82) is 0 Å². The van der Waals surface area contributed by atoms with Crippen molar-refractivity contribution >= 4 is 38.2 Å². The Morgan fingerprint density at radius 2 is 1.86 bits per heavy atom. The van der Waals surface area contributed by atoms with Crippen LogP contribution in [0.2, 0.25) is 25.7 Å². The van der Waals surface area contributed by atoms with Gasteiger partial charge in [-0.3, -0.25) is 0 Å². The summed E-state index contributed by atoms with van der Waals surface area (Å²) in [6.45, 7) is 6.76. The van der Waals surface area contributed by atoms with Gasteiger partial charge in [-0.25, -0.2) is 0 Å².